The molecule has 0 aliphatic carbocycles. The summed E-state index contributed by atoms with van der Waals surface area (Å²) in [4.78, 5) is 0. The molecule has 1 aromatic rings. The molecule has 2 nitrogen and oxygen atoms in total. The first-order valence-electron chi connectivity index (χ1n) is 5.82. The average Bonchev–Trinajstić information content (AvgIpc) is 2.32. The summed E-state index contributed by atoms with van der Waals surface area (Å²) >= 11 is 0. The summed E-state index contributed by atoms with van der Waals surface area (Å²) in [6.07, 6.45) is 3.32. The standard InChI is InChI=1S/C14H19NO/c1-11-5-6-12(2)14(8-11)15-9-13-4-3-7-16-10-13/h4-6,8,15H,3,7,9-10H2,1-2H3. The highest BCUT2D eigenvalue weighted by molar-refractivity contribution is 5.53. The third-order valence-electron chi connectivity index (χ3n) is 2.88. The Morgan fingerprint density at radius 1 is 1.31 bits per heavy atom. The van der Waals surface area contributed by atoms with Crippen molar-refractivity contribution in [3.8, 4) is 0 Å². The van der Waals surface area contributed by atoms with Crippen LogP contribution in [-0.2, 0) is 4.74 Å². The summed E-state index contributed by atoms with van der Waals surface area (Å²) in [6, 6.07) is 6.49. The molecule has 86 valence electrons. The van der Waals surface area contributed by atoms with Gasteiger partial charge in [-0.25, -0.2) is 0 Å². The Morgan fingerprint density at radius 2 is 2.19 bits per heavy atom. The van der Waals surface area contributed by atoms with Gasteiger partial charge in [0.2, 0.25) is 0 Å². The van der Waals surface area contributed by atoms with Crippen LogP contribution in [0.5, 0.6) is 0 Å². The van der Waals surface area contributed by atoms with E-state index in [1.807, 2.05) is 0 Å². The molecule has 2 heteroatoms. The van der Waals surface area contributed by atoms with Gasteiger partial charge in [0, 0.05) is 12.2 Å². The molecule has 1 N–H and O–H groups in total. The number of anilines is 1. The molecule has 0 radical (unpaired) electrons. The molecule has 1 aromatic carbocycles. The predicted octanol–water partition coefficient (Wildman–Crippen LogP) is 3.06. The minimum atomic E-state index is 0.776. The van der Waals surface area contributed by atoms with Gasteiger partial charge in [-0.2, -0.15) is 0 Å². The van der Waals surface area contributed by atoms with E-state index in [4.69, 9.17) is 4.74 Å². The Balaban J connectivity index is 1.98. The van der Waals surface area contributed by atoms with E-state index in [1.54, 1.807) is 0 Å². The van der Waals surface area contributed by atoms with Crippen LogP contribution in [0.1, 0.15) is 17.5 Å². The van der Waals surface area contributed by atoms with Crippen LogP contribution in [0.3, 0.4) is 0 Å². The van der Waals surface area contributed by atoms with Gasteiger partial charge in [-0.15, -0.1) is 0 Å². The maximum Gasteiger partial charge on any atom is 0.0693 e. The van der Waals surface area contributed by atoms with Gasteiger partial charge in [0.1, 0.15) is 0 Å². The van der Waals surface area contributed by atoms with E-state index in [-0.39, 0.29) is 0 Å². The van der Waals surface area contributed by atoms with E-state index in [0.717, 1.165) is 26.2 Å². The minimum absolute atomic E-state index is 0.776. The summed E-state index contributed by atoms with van der Waals surface area (Å²) in [6.45, 7) is 6.79. The summed E-state index contributed by atoms with van der Waals surface area (Å²) in [5, 5.41) is 3.48. The molecule has 0 saturated carbocycles. The van der Waals surface area contributed by atoms with Crippen LogP contribution in [0, 0.1) is 13.8 Å². The van der Waals surface area contributed by atoms with Crippen LogP contribution in [-0.4, -0.2) is 19.8 Å². The Bertz CT molecular complexity index is 396. The highest BCUT2D eigenvalue weighted by atomic mass is 16.5. The lowest BCUT2D eigenvalue weighted by Crippen LogP contribution is -2.14. The maximum absolute atomic E-state index is 5.42. The largest absolute Gasteiger partial charge is 0.381 e. The Hall–Kier alpha value is -1.28. The van der Waals surface area contributed by atoms with Crippen molar-refractivity contribution in [1.82, 2.24) is 0 Å². The molecule has 1 aliphatic rings. The first-order valence-corrected chi connectivity index (χ1v) is 5.82. The third kappa shape index (κ3) is 2.86. The number of aryl methyl sites for hydroxylation is 2. The van der Waals surface area contributed by atoms with Crippen LogP contribution in [0.4, 0.5) is 5.69 Å². The summed E-state index contributed by atoms with van der Waals surface area (Å²) in [5.41, 5.74) is 5.17. The van der Waals surface area contributed by atoms with Crippen LogP contribution in [0.2, 0.25) is 0 Å². The molecule has 16 heavy (non-hydrogen) atoms. The zero-order valence-corrected chi connectivity index (χ0v) is 10.0. The number of nitrogens with one attached hydrogen (secondary N) is 1. The quantitative estimate of drug-likeness (QED) is 0.786. The van der Waals surface area contributed by atoms with Crippen molar-refractivity contribution < 1.29 is 4.74 Å². The average molecular weight is 217 g/mol. The van der Waals surface area contributed by atoms with Gasteiger partial charge >= 0.3 is 0 Å². The Morgan fingerprint density at radius 3 is 2.94 bits per heavy atom. The first kappa shape index (κ1) is 11.2. The molecule has 2 rings (SSSR count). The number of hydrogen-bond donors (Lipinski definition) is 1. The van der Waals surface area contributed by atoms with Crippen LogP contribution in [0.25, 0.3) is 0 Å². The molecule has 0 spiro atoms. The van der Waals surface area contributed by atoms with Crippen molar-refractivity contribution in [2.45, 2.75) is 20.3 Å². The van der Waals surface area contributed by atoms with Crippen molar-refractivity contribution >= 4 is 5.69 Å². The third-order valence-corrected chi connectivity index (χ3v) is 2.88. The van der Waals surface area contributed by atoms with Crippen molar-refractivity contribution in [1.29, 1.82) is 0 Å². The predicted molar refractivity (Wildman–Crippen MR) is 67.9 cm³/mol. The lowest BCUT2D eigenvalue weighted by atomic mass is 10.1. The summed E-state index contributed by atoms with van der Waals surface area (Å²) in [5.74, 6) is 0. The molecular formula is C14H19NO. The van der Waals surface area contributed by atoms with Crippen molar-refractivity contribution in [2.75, 3.05) is 25.1 Å². The molecule has 0 atom stereocenters. The van der Waals surface area contributed by atoms with Crippen molar-refractivity contribution in [3.05, 3.63) is 41.0 Å². The molecular weight excluding hydrogens is 198 g/mol. The molecule has 0 amide bonds. The fourth-order valence-corrected chi connectivity index (χ4v) is 1.87. The van der Waals surface area contributed by atoms with Gasteiger partial charge in [0.05, 0.1) is 13.2 Å². The van der Waals surface area contributed by atoms with Gasteiger partial charge in [-0.1, -0.05) is 18.2 Å². The zero-order valence-electron chi connectivity index (χ0n) is 10.0. The van der Waals surface area contributed by atoms with Crippen molar-refractivity contribution in [3.63, 3.8) is 0 Å². The summed E-state index contributed by atoms with van der Waals surface area (Å²) < 4.78 is 5.42. The Kier molecular flexibility index (Phi) is 3.62. The van der Waals surface area contributed by atoms with Crippen LogP contribution < -0.4 is 5.32 Å². The van der Waals surface area contributed by atoms with E-state index in [9.17, 15) is 0 Å². The molecule has 1 heterocycles. The van der Waals surface area contributed by atoms with Gasteiger partial charge < -0.3 is 10.1 Å². The summed E-state index contributed by atoms with van der Waals surface area (Å²) in [7, 11) is 0. The SMILES string of the molecule is Cc1ccc(C)c(NCC2=CCCOC2)c1. The second kappa shape index (κ2) is 5.17. The second-order valence-electron chi connectivity index (χ2n) is 4.38. The van der Waals surface area contributed by atoms with Crippen LogP contribution >= 0.6 is 0 Å². The van der Waals surface area contributed by atoms with Gasteiger partial charge in [0.15, 0.2) is 0 Å². The second-order valence-corrected chi connectivity index (χ2v) is 4.38. The molecule has 0 aromatic heterocycles. The highest BCUT2D eigenvalue weighted by Crippen LogP contribution is 2.17. The van der Waals surface area contributed by atoms with Gasteiger partial charge in [-0.3, -0.25) is 0 Å². The zero-order chi connectivity index (χ0) is 11.4. The van der Waals surface area contributed by atoms with E-state index < -0.39 is 0 Å². The topological polar surface area (TPSA) is 21.3 Å². The molecule has 1 aliphatic heterocycles. The smallest absolute Gasteiger partial charge is 0.0693 e. The fourth-order valence-electron chi connectivity index (χ4n) is 1.87. The van der Waals surface area contributed by atoms with E-state index in [0.29, 0.717) is 0 Å². The number of rotatable bonds is 3. The minimum Gasteiger partial charge on any atom is -0.381 e. The highest BCUT2D eigenvalue weighted by Gasteiger charge is 2.04. The Labute approximate surface area is 97.3 Å². The van der Waals surface area contributed by atoms with E-state index in [2.05, 4.69) is 43.4 Å². The van der Waals surface area contributed by atoms with Crippen LogP contribution in [0.15, 0.2) is 29.8 Å². The van der Waals surface area contributed by atoms with Gasteiger partial charge in [0.25, 0.3) is 0 Å². The number of benzene rings is 1. The van der Waals surface area contributed by atoms with Gasteiger partial charge in [-0.05, 0) is 43.0 Å². The van der Waals surface area contributed by atoms with E-state index in [1.165, 1.54) is 22.4 Å². The lowest BCUT2D eigenvalue weighted by Gasteiger charge is -2.16. The maximum atomic E-state index is 5.42. The van der Waals surface area contributed by atoms with Crippen molar-refractivity contribution in [2.24, 2.45) is 0 Å². The monoisotopic (exact) mass is 217 g/mol. The van der Waals surface area contributed by atoms with E-state index >= 15 is 0 Å². The fraction of sp³-hybridized carbons (Fsp3) is 0.429. The molecule has 0 bridgehead atoms. The first-order chi connectivity index (χ1) is 7.75. The number of hydrogen-bond acceptors (Lipinski definition) is 2. The molecule has 0 unspecified atom stereocenters. The molecule has 0 saturated heterocycles. The normalized spacial score (nSPS) is 15.8. The molecule has 0 fully saturated rings. The number of ether oxygens (including phenoxy) is 1. The lowest BCUT2D eigenvalue weighted by molar-refractivity contribution is 0.150.